The first kappa shape index (κ1) is 12.1. The van der Waals surface area contributed by atoms with Crippen molar-refractivity contribution in [1.29, 1.82) is 0 Å². The average Bonchev–Trinajstić information content (AvgIpc) is 2.71. The number of hydrogen-bond acceptors (Lipinski definition) is 3. The van der Waals surface area contributed by atoms with E-state index >= 15 is 0 Å². The van der Waals surface area contributed by atoms with Crippen molar-refractivity contribution in [3.63, 3.8) is 0 Å². The monoisotopic (exact) mass is 236 g/mol. The van der Waals surface area contributed by atoms with Crippen LogP contribution >= 0.6 is 0 Å². The molecule has 0 atom stereocenters. The number of aromatic amines is 1. The Kier molecular flexibility index (Phi) is 3.47. The second-order valence-corrected chi connectivity index (χ2v) is 4.81. The maximum atomic E-state index is 12.4. The fourth-order valence-electron chi connectivity index (χ4n) is 2.16. The van der Waals surface area contributed by atoms with Crippen LogP contribution < -0.4 is 5.32 Å². The number of H-pyrrole nitrogens is 1. The van der Waals surface area contributed by atoms with Crippen molar-refractivity contribution in [2.75, 3.05) is 26.2 Å². The van der Waals surface area contributed by atoms with E-state index in [-0.39, 0.29) is 11.8 Å². The molecule has 1 saturated heterocycles. The zero-order chi connectivity index (χ0) is 12.4. The van der Waals surface area contributed by atoms with Gasteiger partial charge in [0.1, 0.15) is 0 Å². The molecule has 1 aliphatic heterocycles. The number of aryl methyl sites for hydroxylation is 1. The van der Waals surface area contributed by atoms with E-state index in [0.717, 1.165) is 43.1 Å². The minimum Gasteiger partial charge on any atom is -0.336 e. The maximum absolute atomic E-state index is 12.4. The van der Waals surface area contributed by atoms with Crippen molar-refractivity contribution in [3.05, 3.63) is 17.0 Å². The fourth-order valence-corrected chi connectivity index (χ4v) is 2.16. The third-order valence-corrected chi connectivity index (χ3v) is 3.14. The topological polar surface area (TPSA) is 61.0 Å². The number of nitrogens with one attached hydrogen (secondary N) is 2. The van der Waals surface area contributed by atoms with Gasteiger partial charge in [0.2, 0.25) is 0 Å². The van der Waals surface area contributed by atoms with Gasteiger partial charge in [0.05, 0.1) is 11.3 Å². The molecule has 1 aliphatic rings. The highest BCUT2D eigenvalue weighted by atomic mass is 16.2. The zero-order valence-electron chi connectivity index (χ0n) is 10.7. The minimum absolute atomic E-state index is 0.112. The van der Waals surface area contributed by atoms with Crippen molar-refractivity contribution < 1.29 is 4.79 Å². The van der Waals surface area contributed by atoms with Crippen LogP contribution in [0.3, 0.4) is 0 Å². The van der Waals surface area contributed by atoms with Gasteiger partial charge < -0.3 is 10.2 Å². The summed E-state index contributed by atoms with van der Waals surface area (Å²) in [4.78, 5) is 14.3. The number of carbonyl (C=O) groups is 1. The molecule has 0 aliphatic carbocycles. The number of aromatic nitrogens is 2. The van der Waals surface area contributed by atoms with Crippen LogP contribution in [-0.2, 0) is 0 Å². The Morgan fingerprint density at radius 1 is 1.35 bits per heavy atom. The molecule has 0 unspecified atom stereocenters. The Bertz CT molecular complexity index is 405. The summed E-state index contributed by atoms with van der Waals surface area (Å²) in [5, 5.41) is 10.4. The third kappa shape index (κ3) is 2.34. The van der Waals surface area contributed by atoms with Gasteiger partial charge in [-0.2, -0.15) is 5.10 Å². The molecule has 2 rings (SSSR count). The van der Waals surface area contributed by atoms with Crippen molar-refractivity contribution in [2.45, 2.75) is 26.7 Å². The number of nitrogens with zero attached hydrogens (tertiary/aromatic N) is 2. The molecule has 0 radical (unpaired) electrons. The highest BCUT2D eigenvalue weighted by molar-refractivity contribution is 5.96. The van der Waals surface area contributed by atoms with E-state index in [9.17, 15) is 4.79 Å². The van der Waals surface area contributed by atoms with Gasteiger partial charge in [-0.3, -0.25) is 9.89 Å². The molecule has 0 bridgehead atoms. The molecule has 1 fully saturated rings. The van der Waals surface area contributed by atoms with E-state index in [1.807, 2.05) is 11.8 Å². The first-order valence-electron chi connectivity index (χ1n) is 6.16. The van der Waals surface area contributed by atoms with Gasteiger partial charge >= 0.3 is 0 Å². The van der Waals surface area contributed by atoms with Crippen LogP contribution in [0.5, 0.6) is 0 Å². The van der Waals surface area contributed by atoms with Gasteiger partial charge in [0.15, 0.2) is 0 Å². The van der Waals surface area contributed by atoms with Crippen LogP contribution in [0.4, 0.5) is 0 Å². The lowest BCUT2D eigenvalue weighted by molar-refractivity contribution is 0.0733. The Hall–Kier alpha value is -1.36. The van der Waals surface area contributed by atoms with Crippen molar-refractivity contribution in [2.24, 2.45) is 0 Å². The standard InChI is InChI=1S/C12H20N4O/c1-8(2)11-10(9(3)14-15-11)12(17)16-6-4-13-5-7-16/h8,13H,4-7H2,1-3H3,(H,14,15). The predicted octanol–water partition coefficient (Wildman–Crippen LogP) is 0.887. The first-order valence-corrected chi connectivity index (χ1v) is 6.16. The summed E-state index contributed by atoms with van der Waals surface area (Å²) in [6, 6.07) is 0. The second-order valence-electron chi connectivity index (χ2n) is 4.81. The molecule has 5 heteroatoms. The molecule has 0 spiro atoms. The Balaban J connectivity index is 2.26. The van der Waals surface area contributed by atoms with Crippen LogP contribution in [0.1, 0.15) is 41.5 Å². The molecule has 94 valence electrons. The van der Waals surface area contributed by atoms with E-state index in [1.54, 1.807) is 0 Å². The predicted molar refractivity (Wildman–Crippen MR) is 66.2 cm³/mol. The van der Waals surface area contributed by atoms with Gasteiger partial charge in [-0.1, -0.05) is 13.8 Å². The Labute approximate surface area is 102 Å². The molecule has 2 heterocycles. The largest absolute Gasteiger partial charge is 0.336 e. The fraction of sp³-hybridized carbons (Fsp3) is 0.667. The van der Waals surface area contributed by atoms with Crippen LogP contribution in [-0.4, -0.2) is 47.2 Å². The highest BCUT2D eigenvalue weighted by Gasteiger charge is 2.25. The van der Waals surface area contributed by atoms with Crippen LogP contribution in [0.15, 0.2) is 0 Å². The van der Waals surface area contributed by atoms with Crippen LogP contribution in [0, 0.1) is 6.92 Å². The number of piperazine rings is 1. The molecule has 17 heavy (non-hydrogen) atoms. The van der Waals surface area contributed by atoms with E-state index in [1.165, 1.54) is 0 Å². The smallest absolute Gasteiger partial charge is 0.257 e. The molecular formula is C12H20N4O. The van der Waals surface area contributed by atoms with Crippen molar-refractivity contribution in [1.82, 2.24) is 20.4 Å². The van der Waals surface area contributed by atoms with E-state index < -0.39 is 0 Å². The SMILES string of the molecule is Cc1[nH]nc(C(C)C)c1C(=O)N1CCNCC1. The molecule has 5 nitrogen and oxygen atoms in total. The maximum Gasteiger partial charge on any atom is 0.257 e. The number of rotatable bonds is 2. The normalized spacial score (nSPS) is 16.6. The number of hydrogen-bond donors (Lipinski definition) is 2. The summed E-state index contributed by atoms with van der Waals surface area (Å²) >= 11 is 0. The summed E-state index contributed by atoms with van der Waals surface area (Å²) in [6.07, 6.45) is 0. The molecule has 1 aromatic rings. The van der Waals surface area contributed by atoms with E-state index in [0.29, 0.717) is 0 Å². The highest BCUT2D eigenvalue weighted by Crippen LogP contribution is 2.21. The quantitative estimate of drug-likeness (QED) is 0.801. The Morgan fingerprint density at radius 2 is 2.00 bits per heavy atom. The number of carbonyl (C=O) groups excluding carboxylic acids is 1. The molecule has 0 saturated carbocycles. The minimum atomic E-state index is 0.112. The summed E-state index contributed by atoms with van der Waals surface area (Å²) < 4.78 is 0. The van der Waals surface area contributed by atoms with Gasteiger partial charge in [-0.15, -0.1) is 0 Å². The summed E-state index contributed by atoms with van der Waals surface area (Å²) in [5.41, 5.74) is 2.52. The van der Waals surface area contributed by atoms with Gasteiger partial charge in [0, 0.05) is 31.9 Å². The molecule has 1 amide bonds. The average molecular weight is 236 g/mol. The lowest BCUT2D eigenvalue weighted by Crippen LogP contribution is -2.46. The lowest BCUT2D eigenvalue weighted by atomic mass is 10.0. The van der Waals surface area contributed by atoms with Crippen LogP contribution in [0.25, 0.3) is 0 Å². The van der Waals surface area contributed by atoms with E-state index in [4.69, 9.17) is 0 Å². The van der Waals surface area contributed by atoms with Gasteiger partial charge in [-0.05, 0) is 12.8 Å². The first-order chi connectivity index (χ1) is 8.11. The summed E-state index contributed by atoms with van der Waals surface area (Å²) in [7, 11) is 0. The second kappa shape index (κ2) is 4.87. The zero-order valence-corrected chi connectivity index (χ0v) is 10.7. The third-order valence-electron chi connectivity index (χ3n) is 3.14. The molecule has 2 N–H and O–H groups in total. The number of amides is 1. The molecular weight excluding hydrogens is 216 g/mol. The van der Waals surface area contributed by atoms with Crippen molar-refractivity contribution >= 4 is 5.91 Å². The lowest BCUT2D eigenvalue weighted by Gasteiger charge is -2.27. The molecule has 0 aromatic carbocycles. The summed E-state index contributed by atoms with van der Waals surface area (Å²) in [5.74, 6) is 0.378. The molecule has 1 aromatic heterocycles. The van der Waals surface area contributed by atoms with E-state index in [2.05, 4.69) is 29.4 Å². The van der Waals surface area contributed by atoms with Crippen LogP contribution in [0.2, 0.25) is 0 Å². The van der Waals surface area contributed by atoms with Crippen molar-refractivity contribution in [3.8, 4) is 0 Å². The summed E-state index contributed by atoms with van der Waals surface area (Å²) in [6.45, 7) is 9.34. The van der Waals surface area contributed by atoms with Gasteiger partial charge in [0.25, 0.3) is 5.91 Å². The Morgan fingerprint density at radius 3 is 2.59 bits per heavy atom. The van der Waals surface area contributed by atoms with Gasteiger partial charge in [-0.25, -0.2) is 0 Å².